The highest BCUT2D eigenvalue weighted by molar-refractivity contribution is 5.81. The number of rotatable bonds is 4. The molecule has 1 saturated heterocycles. The molecule has 0 aliphatic carbocycles. The van der Waals surface area contributed by atoms with Gasteiger partial charge in [0.15, 0.2) is 0 Å². The van der Waals surface area contributed by atoms with Crippen molar-refractivity contribution in [3.05, 3.63) is 35.9 Å². The van der Waals surface area contributed by atoms with Crippen molar-refractivity contribution < 1.29 is 9.53 Å². The molecule has 2 rings (SSSR count). The fourth-order valence-electron chi connectivity index (χ4n) is 1.99. The van der Waals surface area contributed by atoms with Crippen LogP contribution < -0.4 is 10.6 Å². The van der Waals surface area contributed by atoms with Gasteiger partial charge >= 0.3 is 0 Å². The maximum atomic E-state index is 11.4. The summed E-state index contributed by atoms with van der Waals surface area (Å²) in [4.78, 5) is 11.4. The zero-order chi connectivity index (χ0) is 12.1. The average Bonchev–Trinajstić information content (AvgIpc) is 2.85. The second kappa shape index (κ2) is 5.80. The van der Waals surface area contributed by atoms with Crippen LogP contribution in [0, 0.1) is 0 Å². The minimum Gasteiger partial charge on any atom is -0.372 e. The first-order valence-electron chi connectivity index (χ1n) is 5.90. The summed E-state index contributed by atoms with van der Waals surface area (Å²) in [5.74, 6) is 0.0378. The maximum Gasteiger partial charge on any atom is 0.236 e. The third kappa shape index (κ3) is 3.28. The van der Waals surface area contributed by atoms with Gasteiger partial charge in [-0.15, -0.1) is 0 Å². The lowest BCUT2D eigenvalue weighted by atomic mass is 10.2. The van der Waals surface area contributed by atoms with Crippen LogP contribution in [0.25, 0.3) is 0 Å². The highest BCUT2D eigenvalue weighted by Crippen LogP contribution is 2.13. The molecule has 1 heterocycles. The number of carbonyl (C=O) groups is 1. The lowest BCUT2D eigenvalue weighted by molar-refractivity contribution is -0.122. The highest BCUT2D eigenvalue weighted by atomic mass is 16.5. The van der Waals surface area contributed by atoms with Crippen LogP contribution in [-0.4, -0.2) is 31.6 Å². The molecule has 1 aliphatic rings. The van der Waals surface area contributed by atoms with Gasteiger partial charge in [0.1, 0.15) is 0 Å². The van der Waals surface area contributed by atoms with Gasteiger partial charge in [-0.3, -0.25) is 4.79 Å². The summed E-state index contributed by atoms with van der Waals surface area (Å²) < 4.78 is 5.77. The van der Waals surface area contributed by atoms with Crippen LogP contribution >= 0.6 is 0 Å². The zero-order valence-corrected chi connectivity index (χ0v) is 9.98. The van der Waals surface area contributed by atoms with Crippen LogP contribution in [0.5, 0.6) is 0 Å². The molecule has 0 bridgehead atoms. The number of amides is 1. The first-order valence-corrected chi connectivity index (χ1v) is 5.90. The Morgan fingerprint density at radius 2 is 2.24 bits per heavy atom. The second-order valence-electron chi connectivity index (χ2n) is 4.23. The van der Waals surface area contributed by atoms with E-state index in [2.05, 4.69) is 10.6 Å². The summed E-state index contributed by atoms with van der Waals surface area (Å²) in [6.45, 7) is 1.35. The summed E-state index contributed by atoms with van der Waals surface area (Å²) in [6.07, 6.45) is 0.865. The van der Waals surface area contributed by atoms with Gasteiger partial charge in [-0.05, 0) is 12.0 Å². The van der Waals surface area contributed by atoms with E-state index in [9.17, 15) is 4.79 Å². The molecule has 1 aromatic carbocycles. The van der Waals surface area contributed by atoms with Gasteiger partial charge in [0, 0.05) is 13.6 Å². The first kappa shape index (κ1) is 12.1. The molecule has 0 saturated carbocycles. The van der Waals surface area contributed by atoms with E-state index in [-0.39, 0.29) is 18.1 Å². The topological polar surface area (TPSA) is 50.4 Å². The van der Waals surface area contributed by atoms with Gasteiger partial charge in [-0.2, -0.15) is 0 Å². The van der Waals surface area contributed by atoms with Crippen LogP contribution in [0.2, 0.25) is 0 Å². The fraction of sp³-hybridized carbons (Fsp3) is 0.462. The molecule has 0 spiro atoms. The van der Waals surface area contributed by atoms with E-state index in [1.165, 1.54) is 0 Å². The Kier molecular flexibility index (Phi) is 4.12. The van der Waals surface area contributed by atoms with Gasteiger partial charge in [0.2, 0.25) is 5.91 Å². The Balaban J connectivity index is 1.77. The summed E-state index contributed by atoms with van der Waals surface area (Å²) in [5, 5.41) is 5.80. The molecule has 1 aromatic rings. The van der Waals surface area contributed by atoms with Crippen molar-refractivity contribution in [2.45, 2.75) is 25.2 Å². The van der Waals surface area contributed by atoms with E-state index < -0.39 is 0 Å². The largest absolute Gasteiger partial charge is 0.372 e. The van der Waals surface area contributed by atoms with Crippen molar-refractivity contribution in [3.8, 4) is 0 Å². The van der Waals surface area contributed by atoms with Crippen LogP contribution in [0.4, 0.5) is 0 Å². The van der Waals surface area contributed by atoms with Gasteiger partial charge in [0.05, 0.1) is 18.8 Å². The second-order valence-corrected chi connectivity index (χ2v) is 4.23. The summed E-state index contributed by atoms with van der Waals surface area (Å²) >= 11 is 0. The van der Waals surface area contributed by atoms with Crippen LogP contribution in [0.15, 0.2) is 30.3 Å². The molecular weight excluding hydrogens is 216 g/mol. The number of carbonyl (C=O) groups excluding carboxylic acids is 1. The fourth-order valence-corrected chi connectivity index (χ4v) is 1.99. The maximum absolute atomic E-state index is 11.4. The molecule has 0 radical (unpaired) electrons. The lowest BCUT2D eigenvalue weighted by Gasteiger charge is -2.11. The van der Waals surface area contributed by atoms with E-state index in [1.807, 2.05) is 30.3 Å². The normalized spacial score (nSPS) is 23.6. The van der Waals surface area contributed by atoms with E-state index in [0.29, 0.717) is 6.61 Å². The molecule has 4 nitrogen and oxygen atoms in total. The van der Waals surface area contributed by atoms with E-state index in [1.54, 1.807) is 7.05 Å². The molecule has 2 atom stereocenters. The molecule has 92 valence electrons. The molecule has 1 aliphatic heterocycles. The van der Waals surface area contributed by atoms with Gasteiger partial charge in [-0.25, -0.2) is 0 Å². The smallest absolute Gasteiger partial charge is 0.236 e. The third-order valence-corrected chi connectivity index (χ3v) is 2.98. The van der Waals surface area contributed by atoms with Crippen molar-refractivity contribution in [1.29, 1.82) is 0 Å². The molecule has 4 heteroatoms. The molecule has 0 unspecified atom stereocenters. The number of ether oxygens (including phenoxy) is 1. The third-order valence-electron chi connectivity index (χ3n) is 2.98. The zero-order valence-electron chi connectivity index (χ0n) is 9.98. The van der Waals surface area contributed by atoms with Gasteiger partial charge < -0.3 is 15.4 Å². The van der Waals surface area contributed by atoms with Crippen LogP contribution in [0.1, 0.15) is 12.0 Å². The Bertz CT molecular complexity index is 367. The molecular formula is C13H18N2O2. The average molecular weight is 234 g/mol. The van der Waals surface area contributed by atoms with Crippen molar-refractivity contribution >= 4 is 5.91 Å². The van der Waals surface area contributed by atoms with Gasteiger partial charge in [-0.1, -0.05) is 30.3 Å². The monoisotopic (exact) mass is 234 g/mol. The minimum absolute atomic E-state index is 0.0378. The number of likely N-dealkylation sites (N-methyl/N-ethyl adjacent to an activating group) is 1. The van der Waals surface area contributed by atoms with Crippen molar-refractivity contribution in [3.63, 3.8) is 0 Å². The highest BCUT2D eigenvalue weighted by Gasteiger charge is 2.29. The minimum atomic E-state index is -0.110. The Morgan fingerprint density at radius 3 is 2.94 bits per heavy atom. The van der Waals surface area contributed by atoms with E-state index in [4.69, 9.17) is 4.74 Å². The molecule has 1 amide bonds. The number of hydrogen-bond acceptors (Lipinski definition) is 3. The SMILES string of the molecule is CNC(=O)[C@@H]1C[C@@H](OCc2ccccc2)CN1. The Morgan fingerprint density at radius 1 is 1.47 bits per heavy atom. The van der Waals surface area contributed by atoms with E-state index >= 15 is 0 Å². The summed E-state index contributed by atoms with van der Waals surface area (Å²) in [5.41, 5.74) is 1.16. The predicted octanol–water partition coefficient (Wildman–Crippen LogP) is 0.680. The lowest BCUT2D eigenvalue weighted by Crippen LogP contribution is -2.38. The quantitative estimate of drug-likeness (QED) is 0.805. The van der Waals surface area contributed by atoms with Gasteiger partial charge in [0.25, 0.3) is 0 Å². The molecule has 1 fully saturated rings. The van der Waals surface area contributed by atoms with Crippen molar-refractivity contribution in [2.24, 2.45) is 0 Å². The van der Waals surface area contributed by atoms with Crippen LogP contribution in [0.3, 0.4) is 0 Å². The molecule has 0 aromatic heterocycles. The van der Waals surface area contributed by atoms with Crippen molar-refractivity contribution in [2.75, 3.05) is 13.6 Å². The van der Waals surface area contributed by atoms with Crippen LogP contribution in [-0.2, 0) is 16.1 Å². The molecule has 17 heavy (non-hydrogen) atoms. The summed E-state index contributed by atoms with van der Waals surface area (Å²) in [7, 11) is 1.65. The number of nitrogens with one attached hydrogen (secondary N) is 2. The van der Waals surface area contributed by atoms with E-state index in [0.717, 1.165) is 18.5 Å². The number of benzene rings is 1. The Labute approximate surface area is 101 Å². The predicted molar refractivity (Wildman–Crippen MR) is 65.5 cm³/mol. The summed E-state index contributed by atoms with van der Waals surface area (Å²) in [6, 6.07) is 9.96. The Hall–Kier alpha value is -1.39. The molecule has 2 N–H and O–H groups in total. The first-order chi connectivity index (χ1) is 8.29. The standard InChI is InChI=1S/C13H18N2O2/c1-14-13(16)12-7-11(8-15-12)17-9-10-5-3-2-4-6-10/h2-6,11-12,15H,7-9H2,1H3,(H,14,16)/t11-,12+/m1/s1. The van der Waals surface area contributed by atoms with Crippen molar-refractivity contribution in [1.82, 2.24) is 10.6 Å². The number of hydrogen-bond donors (Lipinski definition) is 2.